The van der Waals surface area contributed by atoms with E-state index in [1.54, 1.807) is 11.8 Å². The van der Waals surface area contributed by atoms with Crippen molar-refractivity contribution in [3.63, 3.8) is 0 Å². The Kier molecular flexibility index (Phi) is 5.60. The number of benzene rings is 3. The highest BCUT2D eigenvalue weighted by atomic mass is 35.5. The van der Waals surface area contributed by atoms with Gasteiger partial charge in [0.2, 0.25) is 5.91 Å². The molecule has 0 saturated heterocycles. The molecule has 2 atom stereocenters. The van der Waals surface area contributed by atoms with Crippen LogP contribution in [0.2, 0.25) is 5.02 Å². The van der Waals surface area contributed by atoms with Crippen molar-refractivity contribution in [3.8, 4) is 0 Å². The minimum Gasteiger partial charge on any atom is -0.305 e. The molecule has 0 aromatic heterocycles. The van der Waals surface area contributed by atoms with Gasteiger partial charge in [-0.3, -0.25) is 9.59 Å². The van der Waals surface area contributed by atoms with E-state index < -0.39 is 0 Å². The SMILES string of the molecule is CC(=O)N(c1ccccc1)[C@H]1C[C@@H](C)N(C(=O)c2ccccc2)c2cc(Cl)ccc21. The monoisotopic (exact) mass is 418 g/mol. The van der Waals surface area contributed by atoms with Crippen molar-refractivity contribution >= 4 is 34.8 Å². The highest BCUT2D eigenvalue weighted by Crippen LogP contribution is 2.43. The molecule has 0 unspecified atom stereocenters. The first-order valence-electron chi connectivity index (χ1n) is 10.00. The lowest BCUT2D eigenvalue weighted by atomic mass is 9.89. The van der Waals surface area contributed by atoms with Gasteiger partial charge in [-0.15, -0.1) is 0 Å². The highest BCUT2D eigenvalue weighted by Gasteiger charge is 2.38. The fourth-order valence-corrected chi connectivity index (χ4v) is 4.41. The van der Waals surface area contributed by atoms with E-state index in [0.29, 0.717) is 17.0 Å². The molecule has 3 aromatic rings. The van der Waals surface area contributed by atoms with Crippen LogP contribution in [0, 0.1) is 0 Å². The Balaban J connectivity index is 1.82. The Hall–Kier alpha value is -3.11. The number of hydrogen-bond donors (Lipinski definition) is 0. The molecule has 0 spiro atoms. The second-order valence-electron chi connectivity index (χ2n) is 7.57. The molecule has 0 bridgehead atoms. The van der Waals surface area contributed by atoms with Gasteiger partial charge in [0.25, 0.3) is 5.91 Å². The number of carbonyl (C=O) groups excluding carboxylic acids is 2. The lowest BCUT2D eigenvalue weighted by Gasteiger charge is -2.43. The van der Waals surface area contributed by atoms with Crippen LogP contribution in [0.1, 0.15) is 42.2 Å². The summed E-state index contributed by atoms with van der Waals surface area (Å²) in [6.07, 6.45) is 0.627. The number of rotatable bonds is 3. The minimum atomic E-state index is -0.188. The number of halogens is 1. The molecule has 4 rings (SSSR count). The van der Waals surface area contributed by atoms with Crippen LogP contribution in [0.3, 0.4) is 0 Å². The second-order valence-corrected chi connectivity index (χ2v) is 8.01. The molecule has 0 radical (unpaired) electrons. The molecular weight excluding hydrogens is 396 g/mol. The maximum atomic E-state index is 13.4. The van der Waals surface area contributed by atoms with Crippen LogP contribution < -0.4 is 9.80 Å². The van der Waals surface area contributed by atoms with E-state index in [9.17, 15) is 9.59 Å². The van der Waals surface area contributed by atoms with Crippen molar-refractivity contribution < 1.29 is 9.59 Å². The summed E-state index contributed by atoms with van der Waals surface area (Å²) in [6.45, 7) is 3.59. The third-order valence-electron chi connectivity index (χ3n) is 5.54. The molecule has 2 amide bonds. The summed E-state index contributed by atoms with van der Waals surface area (Å²) in [5.74, 6) is -0.110. The number of amides is 2. The normalized spacial score (nSPS) is 17.9. The second kappa shape index (κ2) is 8.33. The van der Waals surface area contributed by atoms with E-state index in [1.807, 2.05) is 90.7 Å². The van der Waals surface area contributed by atoms with Gasteiger partial charge in [0.15, 0.2) is 0 Å². The zero-order valence-corrected chi connectivity index (χ0v) is 17.7. The van der Waals surface area contributed by atoms with E-state index in [0.717, 1.165) is 16.9 Å². The highest BCUT2D eigenvalue weighted by molar-refractivity contribution is 6.31. The van der Waals surface area contributed by atoms with Crippen LogP contribution >= 0.6 is 11.6 Å². The van der Waals surface area contributed by atoms with Crippen LogP contribution in [-0.4, -0.2) is 17.9 Å². The largest absolute Gasteiger partial charge is 0.305 e. The van der Waals surface area contributed by atoms with Gasteiger partial charge in [0.05, 0.1) is 11.7 Å². The fraction of sp³-hybridized carbons (Fsp3) is 0.200. The first-order valence-corrected chi connectivity index (χ1v) is 10.4. The third kappa shape index (κ3) is 3.71. The molecule has 30 heavy (non-hydrogen) atoms. The molecule has 5 heteroatoms. The number of fused-ring (bicyclic) bond motifs is 1. The van der Waals surface area contributed by atoms with Crippen LogP contribution in [-0.2, 0) is 4.79 Å². The lowest BCUT2D eigenvalue weighted by molar-refractivity contribution is -0.117. The molecule has 4 nitrogen and oxygen atoms in total. The van der Waals surface area contributed by atoms with Gasteiger partial charge in [0, 0.05) is 29.2 Å². The molecular formula is C25H23ClN2O2. The molecule has 1 aliphatic rings. The van der Waals surface area contributed by atoms with Crippen molar-refractivity contribution in [2.45, 2.75) is 32.4 Å². The molecule has 1 heterocycles. The third-order valence-corrected chi connectivity index (χ3v) is 5.78. The predicted molar refractivity (Wildman–Crippen MR) is 121 cm³/mol. The van der Waals surface area contributed by atoms with Gasteiger partial charge in [-0.2, -0.15) is 0 Å². The van der Waals surface area contributed by atoms with E-state index in [1.165, 1.54) is 0 Å². The average Bonchev–Trinajstić information content (AvgIpc) is 2.74. The zero-order chi connectivity index (χ0) is 21.3. The smallest absolute Gasteiger partial charge is 0.258 e. The molecule has 1 aliphatic heterocycles. The summed E-state index contributed by atoms with van der Waals surface area (Å²) in [5.41, 5.74) is 3.13. The summed E-state index contributed by atoms with van der Waals surface area (Å²) in [4.78, 5) is 29.7. The zero-order valence-electron chi connectivity index (χ0n) is 17.0. The number of anilines is 2. The molecule has 3 aromatic carbocycles. The lowest BCUT2D eigenvalue weighted by Crippen LogP contribution is -2.47. The van der Waals surface area contributed by atoms with Crippen LogP contribution in [0.15, 0.2) is 78.9 Å². The van der Waals surface area contributed by atoms with E-state index in [4.69, 9.17) is 11.6 Å². The molecule has 0 N–H and O–H groups in total. The summed E-state index contributed by atoms with van der Waals surface area (Å²) < 4.78 is 0. The first kappa shape index (κ1) is 20.2. The topological polar surface area (TPSA) is 40.6 Å². The van der Waals surface area contributed by atoms with Gasteiger partial charge in [-0.25, -0.2) is 0 Å². The van der Waals surface area contributed by atoms with E-state index in [2.05, 4.69) is 0 Å². The summed E-state index contributed by atoms with van der Waals surface area (Å²) in [6, 6.07) is 24.2. The quantitative estimate of drug-likeness (QED) is 0.533. The van der Waals surface area contributed by atoms with Crippen LogP contribution in [0.25, 0.3) is 0 Å². The van der Waals surface area contributed by atoms with Crippen molar-refractivity contribution in [1.82, 2.24) is 0 Å². The van der Waals surface area contributed by atoms with E-state index >= 15 is 0 Å². The maximum absolute atomic E-state index is 13.4. The number of nitrogens with zero attached hydrogens (tertiary/aromatic N) is 2. The number of carbonyl (C=O) groups is 2. The number of para-hydroxylation sites is 1. The summed E-state index contributed by atoms with van der Waals surface area (Å²) >= 11 is 6.33. The Bertz CT molecular complexity index is 1070. The molecule has 152 valence electrons. The van der Waals surface area contributed by atoms with Gasteiger partial charge < -0.3 is 9.80 Å². The number of hydrogen-bond acceptors (Lipinski definition) is 2. The Morgan fingerprint density at radius 1 is 0.967 bits per heavy atom. The summed E-state index contributed by atoms with van der Waals surface area (Å²) in [5, 5.41) is 0.557. The average molecular weight is 419 g/mol. The standard InChI is InChI=1S/C25H23ClN2O2/c1-17-15-23(28(18(2)29)21-11-7-4-8-12-21)22-14-13-20(26)16-24(22)27(17)25(30)19-9-5-3-6-10-19/h3-14,16-17,23H,15H2,1-2H3/t17-,23+/m1/s1. The van der Waals surface area contributed by atoms with Crippen molar-refractivity contribution in [2.75, 3.05) is 9.80 Å². The summed E-state index contributed by atoms with van der Waals surface area (Å²) in [7, 11) is 0. The van der Waals surface area contributed by atoms with Crippen molar-refractivity contribution in [2.24, 2.45) is 0 Å². The first-order chi connectivity index (χ1) is 14.5. The van der Waals surface area contributed by atoms with Gasteiger partial charge >= 0.3 is 0 Å². The van der Waals surface area contributed by atoms with Crippen LogP contribution in [0.5, 0.6) is 0 Å². The van der Waals surface area contributed by atoms with Gasteiger partial charge in [-0.05, 0) is 55.3 Å². The molecule has 0 saturated carbocycles. The van der Waals surface area contributed by atoms with Crippen LogP contribution in [0.4, 0.5) is 11.4 Å². The van der Waals surface area contributed by atoms with E-state index in [-0.39, 0.29) is 23.9 Å². The Labute approximate surface area is 181 Å². The van der Waals surface area contributed by atoms with Gasteiger partial charge in [0.1, 0.15) is 0 Å². The van der Waals surface area contributed by atoms with Crippen molar-refractivity contribution in [1.29, 1.82) is 0 Å². The maximum Gasteiger partial charge on any atom is 0.258 e. The Morgan fingerprint density at radius 2 is 1.60 bits per heavy atom. The molecule has 0 fully saturated rings. The fourth-order valence-electron chi connectivity index (χ4n) is 4.24. The molecule has 0 aliphatic carbocycles. The van der Waals surface area contributed by atoms with Crippen molar-refractivity contribution in [3.05, 3.63) is 95.0 Å². The minimum absolute atomic E-state index is 0.0397. The van der Waals surface area contributed by atoms with Gasteiger partial charge in [-0.1, -0.05) is 54.1 Å². The Morgan fingerprint density at radius 3 is 2.23 bits per heavy atom. The predicted octanol–water partition coefficient (Wildman–Crippen LogP) is 5.87.